The highest BCUT2D eigenvalue weighted by molar-refractivity contribution is 6.23. The van der Waals surface area contributed by atoms with Crippen LogP contribution in [0.25, 0.3) is 0 Å². The van der Waals surface area contributed by atoms with Crippen LogP contribution in [0.15, 0.2) is 35.3 Å². The van der Waals surface area contributed by atoms with E-state index in [9.17, 15) is 4.79 Å². The van der Waals surface area contributed by atoms with Crippen molar-refractivity contribution >= 4 is 12.2 Å². The Labute approximate surface area is 76.1 Å². The lowest BCUT2D eigenvalue weighted by Gasteiger charge is -2.15. The predicted octanol–water partition coefficient (Wildman–Crippen LogP) is 1.36. The molecule has 1 aromatic carbocycles. The summed E-state index contributed by atoms with van der Waals surface area (Å²) in [5, 5.41) is 0. The standard InChI is InChI=1S/C10H9NO2/c12-10-6-11-9(7-13-10)8-4-2-1-3-5-8/h1-6,9H,7H2/t9-/m1/s1. The molecule has 13 heavy (non-hydrogen) atoms. The van der Waals surface area contributed by atoms with Crippen molar-refractivity contribution < 1.29 is 9.53 Å². The first-order valence-electron chi connectivity index (χ1n) is 4.11. The van der Waals surface area contributed by atoms with Gasteiger partial charge in [0, 0.05) is 0 Å². The van der Waals surface area contributed by atoms with Crippen LogP contribution in [0, 0.1) is 0 Å². The molecule has 0 amide bonds. The zero-order valence-corrected chi connectivity index (χ0v) is 7.01. The fourth-order valence-corrected chi connectivity index (χ4v) is 1.25. The molecule has 3 heteroatoms. The predicted molar refractivity (Wildman–Crippen MR) is 48.6 cm³/mol. The Morgan fingerprint density at radius 3 is 2.69 bits per heavy atom. The molecule has 3 nitrogen and oxygen atoms in total. The van der Waals surface area contributed by atoms with Crippen LogP contribution in [0.3, 0.4) is 0 Å². The molecule has 1 atom stereocenters. The maximum atomic E-state index is 10.7. The van der Waals surface area contributed by atoms with Gasteiger partial charge in [-0.15, -0.1) is 0 Å². The number of cyclic esters (lactones) is 1. The van der Waals surface area contributed by atoms with E-state index in [1.165, 1.54) is 6.21 Å². The molecule has 0 spiro atoms. The van der Waals surface area contributed by atoms with Gasteiger partial charge in [0.05, 0.1) is 0 Å². The summed E-state index contributed by atoms with van der Waals surface area (Å²) < 4.78 is 4.86. The summed E-state index contributed by atoms with van der Waals surface area (Å²) in [6.45, 7) is 0.347. The van der Waals surface area contributed by atoms with E-state index in [0.717, 1.165) is 5.56 Å². The number of carbonyl (C=O) groups excluding carboxylic acids is 1. The Balaban J connectivity index is 2.20. The van der Waals surface area contributed by atoms with Crippen LogP contribution in [-0.4, -0.2) is 18.8 Å². The highest BCUT2D eigenvalue weighted by Gasteiger charge is 2.15. The number of nitrogens with zero attached hydrogens (tertiary/aromatic N) is 1. The van der Waals surface area contributed by atoms with E-state index < -0.39 is 0 Å². The molecule has 0 aromatic heterocycles. The molecule has 1 aliphatic heterocycles. The van der Waals surface area contributed by atoms with Crippen LogP contribution < -0.4 is 0 Å². The van der Waals surface area contributed by atoms with Gasteiger partial charge < -0.3 is 4.74 Å². The van der Waals surface area contributed by atoms with Crippen LogP contribution in [-0.2, 0) is 9.53 Å². The molecule has 66 valence electrons. The SMILES string of the molecule is O=C1C=N[C@@H](c2ccccc2)CO1. The van der Waals surface area contributed by atoms with Crippen molar-refractivity contribution in [1.82, 2.24) is 0 Å². The number of carbonyl (C=O) groups is 1. The molecule has 0 bridgehead atoms. The molecule has 2 rings (SSSR count). The fourth-order valence-electron chi connectivity index (χ4n) is 1.25. The Hall–Kier alpha value is -1.64. The molecule has 1 aromatic rings. The number of hydrogen-bond donors (Lipinski definition) is 0. The number of rotatable bonds is 1. The average Bonchev–Trinajstić information content (AvgIpc) is 2.20. The van der Waals surface area contributed by atoms with Gasteiger partial charge >= 0.3 is 5.97 Å². The molecule has 1 heterocycles. The Kier molecular flexibility index (Phi) is 2.08. The first-order chi connectivity index (χ1) is 6.36. The summed E-state index contributed by atoms with van der Waals surface area (Å²) in [5.41, 5.74) is 1.08. The lowest BCUT2D eigenvalue weighted by atomic mass is 10.1. The Bertz CT molecular complexity index is 332. The third-order valence-electron chi connectivity index (χ3n) is 1.93. The Morgan fingerprint density at radius 2 is 2.08 bits per heavy atom. The van der Waals surface area contributed by atoms with Gasteiger partial charge in [-0.05, 0) is 5.56 Å². The van der Waals surface area contributed by atoms with E-state index in [4.69, 9.17) is 4.74 Å². The normalized spacial score (nSPS) is 21.2. The third kappa shape index (κ3) is 1.75. The smallest absolute Gasteiger partial charge is 0.349 e. The summed E-state index contributed by atoms with van der Waals surface area (Å²) in [6, 6.07) is 9.76. The number of ether oxygens (including phenoxy) is 1. The van der Waals surface area contributed by atoms with E-state index >= 15 is 0 Å². The third-order valence-corrected chi connectivity index (χ3v) is 1.93. The van der Waals surface area contributed by atoms with Crippen molar-refractivity contribution in [2.45, 2.75) is 6.04 Å². The van der Waals surface area contributed by atoms with Crippen LogP contribution in [0.4, 0.5) is 0 Å². The topological polar surface area (TPSA) is 38.7 Å². The van der Waals surface area contributed by atoms with Crippen molar-refractivity contribution in [3.63, 3.8) is 0 Å². The van der Waals surface area contributed by atoms with E-state index in [1.807, 2.05) is 30.3 Å². The highest BCUT2D eigenvalue weighted by Crippen LogP contribution is 2.18. The second kappa shape index (κ2) is 3.39. The summed E-state index contributed by atoms with van der Waals surface area (Å²) in [4.78, 5) is 14.7. The second-order valence-electron chi connectivity index (χ2n) is 2.83. The summed E-state index contributed by atoms with van der Waals surface area (Å²) in [7, 11) is 0. The molecule has 0 N–H and O–H groups in total. The van der Waals surface area contributed by atoms with Gasteiger partial charge in [-0.2, -0.15) is 0 Å². The molecule has 0 saturated heterocycles. The van der Waals surface area contributed by atoms with Crippen LogP contribution in [0.2, 0.25) is 0 Å². The van der Waals surface area contributed by atoms with E-state index in [-0.39, 0.29) is 12.0 Å². The molecule has 0 unspecified atom stereocenters. The monoisotopic (exact) mass is 175 g/mol. The van der Waals surface area contributed by atoms with E-state index in [2.05, 4.69) is 4.99 Å². The molecule has 0 saturated carbocycles. The average molecular weight is 175 g/mol. The lowest BCUT2D eigenvalue weighted by Crippen LogP contribution is -2.18. The zero-order valence-electron chi connectivity index (χ0n) is 7.01. The van der Waals surface area contributed by atoms with Crippen molar-refractivity contribution in [3.8, 4) is 0 Å². The van der Waals surface area contributed by atoms with Gasteiger partial charge in [0.25, 0.3) is 0 Å². The van der Waals surface area contributed by atoms with Gasteiger partial charge in [0.2, 0.25) is 0 Å². The van der Waals surface area contributed by atoms with Crippen LogP contribution in [0.5, 0.6) is 0 Å². The van der Waals surface area contributed by atoms with Gasteiger partial charge in [0.15, 0.2) is 0 Å². The van der Waals surface area contributed by atoms with Crippen molar-refractivity contribution in [1.29, 1.82) is 0 Å². The minimum atomic E-state index is -0.354. The number of hydrogen-bond acceptors (Lipinski definition) is 3. The van der Waals surface area contributed by atoms with Crippen LogP contribution >= 0.6 is 0 Å². The van der Waals surface area contributed by atoms with Gasteiger partial charge in [0.1, 0.15) is 18.9 Å². The summed E-state index contributed by atoms with van der Waals surface area (Å²) >= 11 is 0. The molecular formula is C10H9NO2. The number of esters is 1. The first-order valence-corrected chi connectivity index (χ1v) is 4.11. The van der Waals surface area contributed by atoms with Crippen molar-refractivity contribution in [3.05, 3.63) is 35.9 Å². The van der Waals surface area contributed by atoms with Crippen molar-refractivity contribution in [2.75, 3.05) is 6.61 Å². The molecule has 0 fully saturated rings. The molecule has 0 aliphatic carbocycles. The lowest BCUT2D eigenvalue weighted by molar-refractivity contribution is -0.136. The summed E-state index contributed by atoms with van der Waals surface area (Å²) in [6.07, 6.45) is 1.24. The summed E-state index contributed by atoms with van der Waals surface area (Å²) in [5.74, 6) is -0.354. The van der Waals surface area contributed by atoms with Gasteiger partial charge in [-0.3, -0.25) is 4.99 Å². The first kappa shape index (κ1) is 7.98. The van der Waals surface area contributed by atoms with E-state index in [1.54, 1.807) is 0 Å². The zero-order chi connectivity index (χ0) is 9.10. The highest BCUT2D eigenvalue weighted by atomic mass is 16.5. The van der Waals surface area contributed by atoms with Crippen molar-refractivity contribution in [2.24, 2.45) is 4.99 Å². The maximum Gasteiger partial charge on any atom is 0.349 e. The largest absolute Gasteiger partial charge is 0.459 e. The number of benzene rings is 1. The molecular weight excluding hydrogens is 166 g/mol. The molecule has 1 aliphatic rings. The quantitative estimate of drug-likeness (QED) is 0.604. The second-order valence-corrected chi connectivity index (χ2v) is 2.83. The van der Waals surface area contributed by atoms with Crippen LogP contribution in [0.1, 0.15) is 11.6 Å². The minimum Gasteiger partial charge on any atom is -0.459 e. The van der Waals surface area contributed by atoms with Gasteiger partial charge in [-0.25, -0.2) is 4.79 Å². The number of aliphatic imine (C=N–C) groups is 1. The van der Waals surface area contributed by atoms with E-state index in [0.29, 0.717) is 6.61 Å². The molecule has 0 radical (unpaired) electrons. The fraction of sp³-hybridized carbons (Fsp3) is 0.200. The van der Waals surface area contributed by atoms with Gasteiger partial charge in [-0.1, -0.05) is 30.3 Å². The Morgan fingerprint density at radius 1 is 1.31 bits per heavy atom. The maximum absolute atomic E-state index is 10.7. The minimum absolute atomic E-state index is 0.0288.